The number of aromatic nitrogens is 3. The maximum Gasteiger partial charge on any atom is 0.229 e. The highest BCUT2D eigenvalue weighted by molar-refractivity contribution is 5.93. The SMILES string of the molecule is O=C(Nc1ccccc1)[C@@H]1CN2CC[C@H]1C[C@@H]2Cn1cc(C2(O)CCCCC2)nn1. The summed E-state index contributed by atoms with van der Waals surface area (Å²) in [6.07, 6.45) is 8.87. The number of para-hydroxylation sites is 1. The van der Waals surface area contributed by atoms with Gasteiger partial charge in [0.15, 0.2) is 0 Å². The van der Waals surface area contributed by atoms with Crippen LogP contribution in [0.5, 0.6) is 0 Å². The molecule has 2 bridgehead atoms. The van der Waals surface area contributed by atoms with Gasteiger partial charge in [-0.05, 0) is 50.3 Å². The molecule has 2 aromatic rings. The van der Waals surface area contributed by atoms with Crippen LogP contribution in [0.15, 0.2) is 36.5 Å². The second kappa shape index (κ2) is 8.12. The lowest BCUT2D eigenvalue weighted by atomic mass is 9.75. The van der Waals surface area contributed by atoms with Crippen molar-refractivity contribution in [3.05, 3.63) is 42.2 Å². The number of hydrogen-bond donors (Lipinski definition) is 2. The predicted octanol–water partition coefficient (Wildman–Crippen LogP) is 2.78. The minimum absolute atomic E-state index is 0.0458. The van der Waals surface area contributed by atoms with Crippen LogP contribution in [0.1, 0.15) is 50.6 Å². The van der Waals surface area contributed by atoms with E-state index in [-0.39, 0.29) is 11.8 Å². The fourth-order valence-corrected chi connectivity index (χ4v) is 5.59. The molecule has 2 N–H and O–H groups in total. The molecule has 4 fully saturated rings. The van der Waals surface area contributed by atoms with Crippen molar-refractivity contribution in [3.63, 3.8) is 0 Å². The van der Waals surface area contributed by atoms with Gasteiger partial charge in [-0.15, -0.1) is 5.10 Å². The molecule has 0 spiro atoms. The van der Waals surface area contributed by atoms with E-state index in [1.807, 2.05) is 41.2 Å². The van der Waals surface area contributed by atoms with Gasteiger partial charge in [0.05, 0.1) is 18.7 Å². The highest BCUT2D eigenvalue weighted by Crippen LogP contribution is 2.38. The number of carbonyl (C=O) groups is 1. The Morgan fingerprint density at radius 3 is 2.73 bits per heavy atom. The van der Waals surface area contributed by atoms with E-state index in [0.717, 1.165) is 69.5 Å². The third-order valence-electron chi connectivity index (χ3n) is 7.35. The van der Waals surface area contributed by atoms with Crippen LogP contribution >= 0.6 is 0 Å². The number of aliphatic hydroxyl groups is 1. The monoisotopic (exact) mass is 409 g/mol. The lowest BCUT2D eigenvalue weighted by Gasteiger charge is -2.49. The minimum Gasteiger partial charge on any atom is -0.383 e. The lowest BCUT2D eigenvalue weighted by Crippen LogP contribution is -2.57. The zero-order valence-electron chi connectivity index (χ0n) is 17.4. The second-order valence-corrected chi connectivity index (χ2v) is 9.31. The van der Waals surface area contributed by atoms with Gasteiger partial charge in [0.25, 0.3) is 0 Å². The molecule has 4 atom stereocenters. The van der Waals surface area contributed by atoms with Crippen molar-refractivity contribution in [1.82, 2.24) is 19.9 Å². The van der Waals surface area contributed by atoms with Crippen molar-refractivity contribution < 1.29 is 9.90 Å². The smallest absolute Gasteiger partial charge is 0.229 e. The van der Waals surface area contributed by atoms with Gasteiger partial charge in [-0.1, -0.05) is 42.7 Å². The summed E-state index contributed by atoms with van der Waals surface area (Å²) in [6.45, 7) is 2.61. The van der Waals surface area contributed by atoms with Crippen molar-refractivity contribution >= 4 is 11.6 Å². The maximum atomic E-state index is 12.8. The summed E-state index contributed by atoms with van der Waals surface area (Å²) in [4.78, 5) is 15.3. The van der Waals surface area contributed by atoms with Crippen LogP contribution in [0.4, 0.5) is 5.69 Å². The molecule has 7 heteroatoms. The molecular formula is C23H31N5O2. The average molecular weight is 410 g/mol. The highest BCUT2D eigenvalue weighted by Gasteiger charge is 2.43. The summed E-state index contributed by atoms with van der Waals surface area (Å²) in [5, 5.41) is 22.6. The Morgan fingerprint density at radius 2 is 2.00 bits per heavy atom. The van der Waals surface area contributed by atoms with E-state index in [0.29, 0.717) is 12.0 Å². The first kappa shape index (κ1) is 19.7. The first-order valence-electron chi connectivity index (χ1n) is 11.3. The Labute approximate surface area is 177 Å². The molecule has 1 amide bonds. The summed E-state index contributed by atoms with van der Waals surface area (Å²) >= 11 is 0. The molecule has 6 rings (SSSR count). The van der Waals surface area contributed by atoms with E-state index in [4.69, 9.17) is 0 Å². The third kappa shape index (κ3) is 3.88. The Balaban J connectivity index is 1.21. The number of hydrogen-bond acceptors (Lipinski definition) is 5. The topological polar surface area (TPSA) is 83.3 Å². The number of benzene rings is 1. The quantitative estimate of drug-likeness (QED) is 0.793. The standard InChI is InChI=1S/C23H31N5O2/c29-22(24-18-7-3-1-4-8-18)20-15-27-12-9-17(20)13-19(27)14-28-16-21(25-26-28)23(30)10-5-2-6-11-23/h1,3-4,7-8,16-17,19-20,30H,2,5-6,9-15H2,(H,24,29)/t17-,19+,20+/m0/s1. The van der Waals surface area contributed by atoms with Gasteiger partial charge >= 0.3 is 0 Å². The van der Waals surface area contributed by atoms with E-state index in [1.54, 1.807) is 0 Å². The van der Waals surface area contributed by atoms with E-state index in [9.17, 15) is 9.90 Å². The number of nitrogens with one attached hydrogen (secondary N) is 1. The van der Waals surface area contributed by atoms with Crippen molar-refractivity contribution in [2.45, 2.75) is 63.1 Å². The molecule has 4 heterocycles. The number of amides is 1. The van der Waals surface area contributed by atoms with Crippen LogP contribution in [0.2, 0.25) is 0 Å². The predicted molar refractivity (Wildman–Crippen MR) is 114 cm³/mol. The summed E-state index contributed by atoms with van der Waals surface area (Å²) in [6, 6.07) is 10.1. The molecule has 3 aliphatic heterocycles. The van der Waals surface area contributed by atoms with Crippen molar-refractivity contribution in [2.24, 2.45) is 11.8 Å². The Hall–Kier alpha value is -2.25. The zero-order chi connectivity index (χ0) is 20.6. The number of piperidine rings is 3. The van der Waals surface area contributed by atoms with Crippen LogP contribution in [0.25, 0.3) is 0 Å². The van der Waals surface area contributed by atoms with Crippen LogP contribution in [-0.4, -0.2) is 50.0 Å². The number of carbonyl (C=O) groups excluding carboxylic acids is 1. The summed E-state index contributed by atoms with van der Waals surface area (Å²) in [7, 11) is 0. The van der Waals surface area contributed by atoms with E-state index < -0.39 is 5.60 Å². The summed E-state index contributed by atoms with van der Waals surface area (Å²) in [5.41, 5.74) is 0.785. The van der Waals surface area contributed by atoms with Crippen LogP contribution in [0, 0.1) is 11.8 Å². The third-order valence-corrected chi connectivity index (χ3v) is 7.35. The Kier molecular flexibility index (Phi) is 5.33. The van der Waals surface area contributed by atoms with Gasteiger partial charge in [-0.3, -0.25) is 14.4 Å². The molecule has 7 nitrogen and oxygen atoms in total. The number of fused-ring (bicyclic) bond motifs is 3. The zero-order valence-corrected chi connectivity index (χ0v) is 17.4. The Bertz CT molecular complexity index is 877. The number of nitrogens with zero attached hydrogens (tertiary/aromatic N) is 4. The minimum atomic E-state index is -0.803. The normalized spacial score (nSPS) is 30.2. The molecule has 4 aliphatic rings. The van der Waals surface area contributed by atoms with Crippen molar-refractivity contribution in [1.29, 1.82) is 0 Å². The molecule has 1 unspecified atom stereocenters. The lowest BCUT2D eigenvalue weighted by molar-refractivity contribution is -0.127. The largest absolute Gasteiger partial charge is 0.383 e. The van der Waals surface area contributed by atoms with E-state index in [2.05, 4.69) is 20.5 Å². The van der Waals surface area contributed by atoms with Gasteiger partial charge < -0.3 is 10.4 Å². The number of anilines is 1. The molecule has 30 heavy (non-hydrogen) atoms. The second-order valence-electron chi connectivity index (χ2n) is 9.31. The molecule has 0 radical (unpaired) electrons. The van der Waals surface area contributed by atoms with Gasteiger partial charge in [-0.25, -0.2) is 0 Å². The van der Waals surface area contributed by atoms with Crippen LogP contribution in [0.3, 0.4) is 0 Å². The fraction of sp³-hybridized carbons (Fsp3) is 0.609. The average Bonchev–Trinajstić information content (AvgIpc) is 3.25. The maximum absolute atomic E-state index is 12.8. The Morgan fingerprint density at radius 1 is 1.20 bits per heavy atom. The molecule has 1 aliphatic carbocycles. The van der Waals surface area contributed by atoms with E-state index in [1.165, 1.54) is 6.42 Å². The molecule has 1 saturated carbocycles. The molecule has 3 saturated heterocycles. The van der Waals surface area contributed by atoms with Crippen molar-refractivity contribution in [2.75, 3.05) is 18.4 Å². The van der Waals surface area contributed by atoms with Gasteiger partial charge in [0, 0.05) is 18.3 Å². The van der Waals surface area contributed by atoms with E-state index >= 15 is 0 Å². The first-order valence-corrected chi connectivity index (χ1v) is 11.3. The molecule has 1 aromatic carbocycles. The van der Waals surface area contributed by atoms with Gasteiger partial charge in [0.1, 0.15) is 11.3 Å². The van der Waals surface area contributed by atoms with Crippen LogP contribution < -0.4 is 5.32 Å². The fourth-order valence-electron chi connectivity index (χ4n) is 5.59. The van der Waals surface area contributed by atoms with Gasteiger partial charge in [0.2, 0.25) is 5.91 Å². The molecule has 160 valence electrons. The van der Waals surface area contributed by atoms with Crippen LogP contribution in [-0.2, 0) is 16.9 Å². The summed E-state index contributed by atoms with van der Waals surface area (Å²) < 4.78 is 1.90. The molecule has 1 aromatic heterocycles. The van der Waals surface area contributed by atoms with Gasteiger partial charge in [-0.2, -0.15) is 0 Å². The summed E-state index contributed by atoms with van der Waals surface area (Å²) in [5.74, 6) is 0.593. The van der Waals surface area contributed by atoms with Crippen molar-refractivity contribution in [3.8, 4) is 0 Å². The highest BCUT2D eigenvalue weighted by atomic mass is 16.3. The first-order chi connectivity index (χ1) is 14.6. The molecular weight excluding hydrogens is 378 g/mol. The number of rotatable bonds is 5.